The lowest BCUT2D eigenvalue weighted by atomic mass is 10.1. The zero-order valence-electron chi connectivity index (χ0n) is 9.03. The van der Waals surface area contributed by atoms with Gasteiger partial charge in [0.25, 0.3) is 0 Å². The molecule has 1 aromatic rings. The third-order valence-corrected chi connectivity index (χ3v) is 3.09. The van der Waals surface area contributed by atoms with Crippen LogP contribution in [0.2, 0.25) is 0 Å². The number of nitrogen functional groups attached to an aromatic ring is 1. The van der Waals surface area contributed by atoms with Gasteiger partial charge in [0, 0.05) is 11.7 Å². The van der Waals surface area contributed by atoms with Gasteiger partial charge in [0.05, 0.1) is 6.54 Å². The monoisotopic (exact) mass is 200 g/mol. The number of rotatable bonds is 2. The van der Waals surface area contributed by atoms with Crippen molar-refractivity contribution in [1.29, 1.82) is 0 Å². The van der Waals surface area contributed by atoms with Crippen LogP contribution in [0.25, 0.3) is 0 Å². The number of hydrogen-bond acceptors (Lipinski definition) is 2. The van der Waals surface area contributed by atoms with Crippen LogP contribution in [0.1, 0.15) is 23.6 Å². The van der Waals surface area contributed by atoms with Crippen LogP contribution < -0.4 is 5.73 Å². The Balaban J connectivity index is 2.28. The molecule has 1 atom stereocenters. The van der Waals surface area contributed by atoms with Crippen LogP contribution in [0.3, 0.4) is 0 Å². The van der Waals surface area contributed by atoms with Crippen LogP contribution in [-0.2, 0) is 6.42 Å². The molecule has 1 aliphatic carbocycles. The van der Waals surface area contributed by atoms with Gasteiger partial charge in [0.1, 0.15) is 0 Å². The van der Waals surface area contributed by atoms with Gasteiger partial charge in [0.2, 0.25) is 0 Å². The Labute approximate surface area is 91.1 Å². The molecule has 1 aliphatic rings. The Bertz CT molecular complexity index is 403. The van der Waals surface area contributed by atoms with Crippen molar-refractivity contribution >= 4 is 5.69 Å². The Hall–Kier alpha value is -1.46. The third kappa shape index (κ3) is 1.84. The van der Waals surface area contributed by atoms with E-state index in [4.69, 9.17) is 12.2 Å². The second-order valence-electron chi connectivity index (χ2n) is 4.13. The fourth-order valence-corrected chi connectivity index (χ4v) is 2.31. The smallest absolute Gasteiger partial charge is 0.0601 e. The van der Waals surface area contributed by atoms with E-state index >= 15 is 0 Å². The maximum Gasteiger partial charge on any atom is 0.0601 e. The van der Waals surface area contributed by atoms with Crippen molar-refractivity contribution < 1.29 is 0 Å². The van der Waals surface area contributed by atoms with Crippen molar-refractivity contribution in [2.75, 3.05) is 19.3 Å². The van der Waals surface area contributed by atoms with Gasteiger partial charge in [-0.1, -0.05) is 12.0 Å². The average molecular weight is 200 g/mol. The molecule has 0 amide bonds. The summed E-state index contributed by atoms with van der Waals surface area (Å²) in [4.78, 5) is 2.21. The van der Waals surface area contributed by atoms with Crippen LogP contribution in [0.15, 0.2) is 18.2 Å². The molecule has 0 heterocycles. The lowest BCUT2D eigenvalue weighted by molar-refractivity contribution is 0.274. The van der Waals surface area contributed by atoms with Gasteiger partial charge in [-0.15, -0.1) is 6.42 Å². The summed E-state index contributed by atoms with van der Waals surface area (Å²) in [5.74, 6) is 2.68. The number of aryl methyl sites for hydroxylation is 1. The van der Waals surface area contributed by atoms with E-state index in [0.29, 0.717) is 12.6 Å². The highest BCUT2D eigenvalue weighted by Gasteiger charge is 2.25. The largest absolute Gasteiger partial charge is 0.399 e. The molecule has 2 nitrogen and oxygen atoms in total. The molecule has 2 N–H and O–H groups in total. The highest BCUT2D eigenvalue weighted by atomic mass is 15.1. The molecule has 1 aromatic carbocycles. The molecular formula is C13H16N2. The molecule has 2 rings (SSSR count). The maximum absolute atomic E-state index is 5.81. The summed E-state index contributed by atoms with van der Waals surface area (Å²) in [7, 11) is 2.07. The normalized spacial score (nSPS) is 18.9. The predicted octanol–water partition coefficient (Wildman–Crippen LogP) is 1.82. The molecule has 0 aliphatic heterocycles. The fraction of sp³-hybridized carbons (Fsp3) is 0.385. The van der Waals surface area contributed by atoms with Gasteiger partial charge in [-0.2, -0.15) is 0 Å². The van der Waals surface area contributed by atoms with Gasteiger partial charge in [0.15, 0.2) is 0 Å². The third-order valence-electron chi connectivity index (χ3n) is 3.09. The van der Waals surface area contributed by atoms with E-state index in [0.717, 1.165) is 18.5 Å². The maximum atomic E-state index is 5.81. The lowest BCUT2D eigenvalue weighted by Gasteiger charge is -2.22. The molecule has 2 heteroatoms. The summed E-state index contributed by atoms with van der Waals surface area (Å²) < 4.78 is 0. The molecule has 0 bridgehead atoms. The van der Waals surface area contributed by atoms with E-state index in [1.165, 1.54) is 11.1 Å². The number of terminal acetylenes is 1. The van der Waals surface area contributed by atoms with E-state index < -0.39 is 0 Å². The van der Waals surface area contributed by atoms with Gasteiger partial charge >= 0.3 is 0 Å². The lowest BCUT2D eigenvalue weighted by Crippen LogP contribution is -2.23. The Kier molecular flexibility index (Phi) is 2.66. The minimum absolute atomic E-state index is 0.444. The van der Waals surface area contributed by atoms with Crippen molar-refractivity contribution in [3.8, 4) is 12.3 Å². The van der Waals surface area contributed by atoms with E-state index in [1.807, 2.05) is 6.07 Å². The van der Waals surface area contributed by atoms with Crippen molar-refractivity contribution in [3.63, 3.8) is 0 Å². The van der Waals surface area contributed by atoms with E-state index in [9.17, 15) is 0 Å². The predicted molar refractivity (Wildman–Crippen MR) is 63.4 cm³/mol. The van der Waals surface area contributed by atoms with Crippen molar-refractivity contribution in [1.82, 2.24) is 4.90 Å². The molecule has 0 spiro atoms. The number of hydrogen-bond donors (Lipinski definition) is 1. The first-order chi connectivity index (χ1) is 7.22. The van der Waals surface area contributed by atoms with Gasteiger partial charge in [-0.3, -0.25) is 4.90 Å². The topological polar surface area (TPSA) is 29.3 Å². The molecular weight excluding hydrogens is 184 g/mol. The standard InChI is InChI=1S/C13H16N2/c1-3-8-15(2)13-7-5-10-4-6-11(14)9-12(10)13/h1,4,6,9,13H,5,7-8,14H2,2H3. The Morgan fingerprint density at radius 1 is 1.60 bits per heavy atom. The van der Waals surface area contributed by atoms with Gasteiger partial charge < -0.3 is 5.73 Å². The minimum Gasteiger partial charge on any atom is -0.399 e. The second-order valence-corrected chi connectivity index (χ2v) is 4.13. The number of nitrogens with two attached hydrogens (primary N) is 1. The number of nitrogens with zero attached hydrogens (tertiary/aromatic N) is 1. The molecule has 78 valence electrons. The van der Waals surface area contributed by atoms with Crippen molar-refractivity contribution in [3.05, 3.63) is 29.3 Å². The molecule has 15 heavy (non-hydrogen) atoms. The summed E-state index contributed by atoms with van der Waals surface area (Å²) >= 11 is 0. The van der Waals surface area contributed by atoms with E-state index in [1.54, 1.807) is 0 Å². The minimum atomic E-state index is 0.444. The molecule has 0 fully saturated rings. The van der Waals surface area contributed by atoms with E-state index in [-0.39, 0.29) is 0 Å². The second kappa shape index (κ2) is 3.96. The zero-order valence-corrected chi connectivity index (χ0v) is 9.03. The quantitative estimate of drug-likeness (QED) is 0.583. The first-order valence-electron chi connectivity index (χ1n) is 5.24. The highest BCUT2D eigenvalue weighted by molar-refractivity contribution is 5.48. The number of anilines is 1. The molecule has 0 saturated carbocycles. The van der Waals surface area contributed by atoms with Gasteiger partial charge in [-0.05, 0) is 43.1 Å². The zero-order chi connectivity index (χ0) is 10.8. The first kappa shape index (κ1) is 10.1. The molecule has 0 radical (unpaired) electrons. The summed E-state index contributed by atoms with van der Waals surface area (Å²) in [6.07, 6.45) is 7.61. The number of fused-ring (bicyclic) bond motifs is 1. The van der Waals surface area contributed by atoms with Crippen molar-refractivity contribution in [2.24, 2.45) is 0 Å². The van der Waals surface area contributed by atoms with Crippen LogP contribution in [-0.4, -0.2) is 18.5 Å². The SMILES string of the molecule is C#CCN(C)C1CCc2ccc(N)cc21. The van der Waals surface area contributed by atoms with Gasteiger partial charge in [-0.25, -0.2) is 0 Å². The molecule has 1 unspecified atom stereocenters. The summed E-state index contributed by atoms with van der Waals surface area (Å²) in [6.45, 7) is 0.693. The molecule has 0 aromatic heterocycles. The Morgan fingerprint density at radius 3 is 3.13 bits per heavy atom. The fourth-order valence-electron chi connectivity index (χ4n) is 2.31. The highest BCUT2D eigenvalue weighted by Crippen LogP contribution is 2.35. The van der Waals surface area contributed by atoms with Crippen LogP contribution in [0, 0.1) is 12.3 Å². The summed E-state index contributed by atoms with van der Waals surface area (Å²) in [5, 5.41) is 0. The van der Waals surface area contributed by atoms with Crippen LogP contribution in [0.4, 0.5) is 5.69 Å². The van der Waals surface area contributed by atoms with Crippen LogP contribution in [0.5, 0.6) is 0 Å². The summed E-state index contributed by atoms with van der Waals surface area (Å²) in [6, 6.07) is 6.64. The Morgan fingerprint density at radius 2 is 2.40 bits per heavy atom. The summed E-state index contributed by atoms with van der Waals surface area (Å²) in [5.41, 5.74) is 9.42. The average Bonchev–Trinajstić information content (AvgIpc) is 2.60. The van der Waals surface area contributed by atoms with Crippen LogP contribution >= 0.6 is 0 Å². The number of benzene rings is 1. The molecule has 0 saturated heterocycles. The first-order valence-corrected chi connectivity index (χ1v) is 5.24. The van der Waals surface area contributed by atoms with E-state index in [2.05, 4.69) is 30.0 Å². The van der Waals surface area contributed by atoms with Crippen molar-refractivity contribution in [2.45, 2.75) is 18.9 Å².